The van der Waals surface area contributed by atoms with Crippen molar-refractivity contribution in [2.24, 2.45) is 0 Å². The van der Waals surface area contributed by atoms with E-state index in [1.54, 1.807) is 43.3 Å². The van der Waals surface area contributed by atoms with Crippen molar-refractivity contribution < 1.29 is 18.0 Å². The molecule has 208 valence electrons. The SMILES string of the molecule is Cc1ccc(N(CC(=O)N(Cc2cccc(Cl)c2)[C@@H](Cc2ccccc2)C(=O)NC(C)C)S(C)(=O)=O)cc1Cl. The molecule has 0 heterocycles. The highest BCUT2D eigenvalue weighted by molar-refractivity contribution is 7.92. The number of amides is 2. The molecular weight excluding hydrogens is 557 g/mol. The van der Waals surface area contributed by atoms with E-state index in [9.17, 15) is 18.0 Å². The Bertz CT molecular complexity index is 1420. The molecule has 10 heteroatoms. The zero-order valence-electron chi connectivity index (χ0n) is 22.4. The van der Waals surface area contributed by atoms with E-state index < -0.39 is 28.5 Å². The van der Waals surface area contributed by atoms with Gasteiger partial charge in [0.05, 0.1) is 11.9 Å². The minimum Gasteiger partial charge on any atom is -0.352 e. The molecule has 3 aromatic rings. The van der Waals surface area contributed by atoms with Gasteiger partial charge in [0.25, 0.3) is 0 Å². The molecule has 0 spiro atoms. The minimum absolute atomic E-state index is 0.0503. The van der Waals surface area contributed by atoms with Gasteiger partial charge in [0, 0.05) is 29.1 Å². The van der Waals surface area contributed by atoms with Crippen LogP contribution in [0, 0.1) is 6.92 Å². The largest absolute Gasteiger partial charge is 0.352 e. The smallest absolute Gasteiger partial charge is 0.244 e. The van der Waals surface area contributed by atoms with Crippen LogP contribution in [0.15, 0.2) is 72.8 Å². The molecule has 0 unspecified atom stereocenters. The van der Waals surface area contributed by atoms with Gasteiger partial charge in [-0.25, -0.2) is 8.42 Å². The predicted octanol–water partition coefficient (Wildman–Crippen LogP) is 5.23. The molecule has 1 atom stereocenters. The highest BCUT2D eigenvalue weighted by Gasteiger charge is 2.33. The molecule has 3 aromatic carbocycles. The molecule has 0 aromatic heterocycles. The van der Waals surface area contributed by atoms with Crippen molar-refractivity contribution in [3.8, 4) is 0 Å². The van der Waals surface area contributed by atoms with Crippen LogP contribution in [0.3, 0.4) is 0 Å². The summed E-state index contributed by atoms with van der Waals surface area (Å²) in [5, 5.41) is 3.78. The minimum atomic E-state index is -3.87. The number of aryl methyl sites for hydroxylation is 1. The van der Waals surface area contributed by atoms with Crippen molar-refractivity contribution in [1.82, 2.24) is 10.2 Å². The predicted molar refractivity (Wildman–Crippen MR) is 158 cm³/mol. The Labute approximate surface area is 240 Å². The number of rotatable bonds is 11. The third-order valence-electron chi connectivity index (χ3n) is 6.07. The number of nitrogens with zero attached hydrogens (tertiary/aromatic N) is 2. The number of carbonyl (C=O) groups is 2. The first kappa shape index (κ1) is 30.5. The van der Waals surface area contributed by atoms with Gasteiger partial charge in [0.2, 0.25) is 21.8 Å². The maximum atomic E-state index is 14.0. The van der Waals surface area contributed by atoms with Gasteiger partial charge in [-0.15, -0.1) is 0 Å². The van der Waals surface area contributed by atoms with Crippen molar-refractivity contribution in [3.05, 3.63) is 99.5 Å². The van der Waals surface area contributed by atoms with Crippen LogP contribution in [0.4, 0.5) is 5.69 Å². The van der Waals surface area contributed by atoms with Crippen LogP contribution in [0.1, 0.15) is 30.5 Å². The molecule has 0 radical (unpaired) electrons. The molecule has 2 amide bonds. The molecule has 0 aliphatic rings. The Morgan fingerprint density at radius 2 is 1.59 bits per heavy atom. The molecule has 0 saturated carbocycles. The third-order valence-corrected chi connectivity index (χ3v) is 7.85. The molecule has 0 saturated heterocycles. The van der Waals surface area contributed by atoms with E-state index in [4.69, 9.17) is 23.2 Å². The molecule has 1 N–H and O–H groups in total. The maximum absolute atomic E-state index is 14.0. The average molecular weight is 591 g/mol. The molecule has 0 aliphatic heterocycles. The zero-order valence-corrected chi connectivity index (χ0v) is 24.7. The standard InChI is InChI=1S/C29H33Cl2N3O4S/c1-20(2)32-29(36)27(16-22-9-6-5-7-10-22)33(18-23-11-8-12-24(30)15-23)28(35)19-34(39(4,37)38)25-14-13-21(3)26(31)17-25/h5-15,17,20,27H,16,18-19H2,1-4H3,(H,32,36)/t27-/m0/s1. The second-order valence-electron chi connectivity index (χ2n) is 9.72. The van der Waals surface area contributed by atoms with Crippen molar-refractivity contribution in [2.75, 3.05) is 17.1 Å². The van der Waals surface area contributed by atoms with Gasteiger partial charge in [-0.2, -0.15) is 0 Å². The highest BCUT2D eigenvalue weighted by atomic mass is 35.5. The molecule has 0 bridgehead atoms. The van der Waals surface area contributed by atoms with Crippen LogP contribution in [0.5, 0.6) is 0 Å². The van der Waals surface area contributed by atoms with Gasteiger partial charge >= 0.3 is 0 Å². The average Bonchev–Trinajstić information content (AvgIpc) is 2.86. The lowest BCUT2D eigenvalue weighted by Gasteiger charge is -2.34. The van der Waals surface area contributed by atoms with Crippen LogP contribution in [-0.4, -0.2) is 50.0 Å². The third kappa shape index (κ3) is 8.71. The normalized spacial score (nSPS) is 12.2. The van der Waals surface area contributed by atoms with Gasteiger partial charge in [0.1, 0.15) is 12.6 Å². The fraction of sp³-hybridized carbons (Fsp3) is 0.310. The van der Waals surface area contributed by atoms with Gasteiger partial charge < -0.3 is 10.2 Å². The van der Waals surface area contributed by atoms with Gasteiger partial charge in [-0.1, -0.05) is 71.7 Å². The first-order valence-electron chi connectivity index (χ1n) is 12.5. The number of anilines is 1. The van der Waals surface area contributed by atoms with E-state index in [0.717, 1.165) is 21.7 Å². The maximum Gasteiger partial charge on any atom is 0.244 e. The number of halogens is 2. The molecular formula is C29H33Cl2N3O4S. The second-order valence-corrected chi connectivity index (χ2v) is 12.5. The summed E-state index contributed by atoms with van der Waals surface area (Å²) in [5.74, 6) is -0.884. The van der Waals surface area contributed by atoms with E-state index in [1.165, 1.54) is 11.0 Å². The number of hydrogen-bond donors (Lipinski definition) is 1. The van der Waals surface area contributed by atoms with Crippen LogP contribution in [0.25, 0.3) is 0 Å². The molecule has 0 fully saturated rings. The molecule has 7 nitrogen and oxygen atoms in total. The summed E-state index contributed by atoms with van der Waals surface area (Å²) >= 11 is 12.5. The topological polar surface area (TPSA) is 86.8 Å². The zero-order chi connectivity index (χ0) is 28.7. The molecule has 0 aliphatic carbocycles. The number of hydrogen-bond acceptors (Lipinski definition) is 4. The summed E-state index contributed by atoms with van der Waals surface area (Å²) in [6.07, 6.45) is 1.27. The Morgan fingerprint density at radius 1 is 0.923 bits per heavy atom. The number of sulfonamides is 1. The number of nitrogens with one attached hydrogen (secondary N) is 1. The summed E-state index contributed by atoms with van der Waals surface area (Å²) in [6, 6.07) is 20.1. The Kier molecular flexibility index (Phi) is 10.4. The second kappa shape index (κ2) is 13.3. The van der Waals surface area contributed by atoms with Crippen molar-refractivity contribution in [3.63, 3.8) is 0 Å². The van der Waals surface area contributed by atoms with Crippen molar-refractivity contribution in [2.45, 2.75) is 45.8 Å². The Balaban J connectivity index is 2.07. The van der Waals surface area contributed by atoms with E-state index >= 15 is 0 Å². The van der Waals surface area contributed by atoms with Crippen LogP contribution < -0.4 is 9.62 Å². The van der Waals surface area contributed by atoms with E-state index in [0.29, 0.717) is 15.6 Å². The molecule has 39 heavy (non-hydrogen) atoms. The first-order valence-corrected chi connectivity index (χ1v) is 15.1. The van der Waals surface area contributed by atoms with E-state index in [-0.39, 0.29) is 30.6 Å². The van der Waals surface area contributed by atoms with Crippen LogP contribution in [0.2, 0.25) is 10.0 Å². The molecule has 3 rings (SSSR count). The fourth-order valence-electron chi connectivity index (χ4n) is 4.12. The summed E-state index contributed by atoms with van der Waals surface area (Å²) in [4.78, 5) is 28.9. The number of benzene rings is 3. The van der Waals surface area contributed by atoms with Gasteiger partial charge in [0.15, 0.2) is 0 Å². The fourth-order valence-corrected chi connectivity index (χ4v) is 5.35. The first-order chi connectivity index (χ1) is 18.3. The van der Waals surface area contributed by atoms with Crippen LogP contribution in [-0.2, 0) is 32.6 Å². The monoisotopic (exact) mass is 589 g/mol. The summed E-state index contributed by atoms with van der Waals surface area (Å²) < 4.78 is 26.7. The Morgan fingerprint density at radius 3 is 2.18 bits per heavy atom. The Hall–Kier alpha value is -3.07. The lowest BCUT2D eigenvalue weighted by Crippen LogP contribution is -2.54. The van der Waals surface area contributed by atoms with Crippen LogP contribution >= 0.6 is 23.2 Å². The highest BCUT2D eigenvalue weighted by Crippen LogP contribution is 2.26. The quantitative estimate of drug-likeness (QED) is 0.331. The lowest BCUT2D eigenvalue weighted by atomic mass is 10.0. The summed E-state index contributed by atoms with van der Waals surface area (Å²) in [7, 11) is -3.87. The van der Waals surface area contributed by atoms with Gasteiger partial charge in [-0.3, -0.25) is 13.9 Å². The lowest BCUT2D eigenvalue weighted by molar-refractivity contribution is -0.140. The summed E-state index contributed by atoms with van der Waals surface area (Å²) in [6.45, 7) is 5.02. The van der Waals surface area contributed by atoms with Gasteiger partial charge in [-0.05, 0) is 61.7 Å². The number of carbonyl (C=O) groups excluding carboxylic acids is 2. The van der Waals surface area contributed by atoms with E-state index in [1.807, 2.05) is 44.2 Å². The van der Waals surface area contributed by atoms with Crippen molar-refractivity contribution >= 4 is 50.7 Å². The summed E-state index contributed by atoms with van der Waals surface area (Å²) in [5.41, 5.74) is 2.59. The van der Waals surface area contributed by atoms with E-state index in [2.05, 4.69) is 5.32 Å². The van der Waals surface area contributed by atoms with Crippen molar-refractivity contribution in [1.29, 1.82) is 0 Å².